The van der Waals surface area contributed by atoms with E-state index in [1.54, 1.807) is 19.1 Å². The molecule has 1 aromatic rings. The molecule has 0 bridgehead atoms. The van der Waals surface area contributed by atoms with Crippen molar-refractivity contribution in [1.29, 1.82) is 0 Å². The Kier molecular flexibility index (Phi) is 4.37. The number of benzene rings is 1. The van der Waals surface area contributed by atoms with Gasteiger partial charge in [0.15, 0.2) is 0 Å². The summed E-state index contributed by atoms with van der Waals surface area (Å²) in [6.07, 6.45) is 2.73. The molecule has 3 N–H and O–H groups in total. The molecule has 1 aliphatic carbocycles. The molecule has 1 fully saturated rings. The lowest BCUT2D eigenvalue weighted by Gasteiger charge is -2.26. The number of hydrogen-bond donors (Lipinski definition) is 3. The molecule has 4 nitrogen and oxygen atoms in total. The molecular weight excluding hydrogens is 247 g/mol. The van der Waals surface area contributed by atoms with Crippen molar-refractivity contribution in [3.63, 3.8) is 0 Å². The third-order valence-corrected chi connectivity index (χ3v) is 3.46. The van der Waals surface area contributed by atoms with Gasteiger partial charge in [-0.1, -0.05) is 6.07 Å². The molecule has 5 heteroatoms. The number of aryl methyl sites for hydroxylation is 1. The van der Waals surface area contributed by atoms with Crippen LogP contribution in [0, 0.1) is 12.7 Å². The van der Waals surface area contributed by atoms with Gasteiger partial charge < -0.3 is 15.7 Å². The topological polar surface area (TPSA) is 61.4 Å². The Bertz CT molecular complexity index is 457. The standard InChI is InChI=1S/C14H19FN2O2/c1-9-2-3-11(8-13(9)15)17-14(19)16-10-4-6-12(18)7-5-10/h2-3,8,10,12,18H,4-7H2,1H3,(H2,16,17,19). The number of hydrogen-bond acceptors (Lipinski definition) is 2. The minimum atomic E-state index is -0.335. The maximum Gasteiger partial charge on any atom is 0.319 e. The molecular formula is C14H19FN2O2. The van der Waals surface area contributed by atoms with E-state index in [9.17, 15) is 14.3 Å². The Morgan fingerprint density at radius 3 is 2.63 bits per heavy atom. The lowest BCUT2D eigenvalue weighted by molar-refractivity contribution is 0.118. The summed E-state index contributed by atoms with van der Waals surface area (Å²) in [5.74, 6) is -0.335. The van der Waals surface area contributed by atoms with Gasteiger partial charge in [-0.05, 0) is 50.3 Å². The number of anilines is 1. The minimum Gasteiger partial charge on any atom is -0.393 e. The average molecular weight is 266 g/mol. The van der Waals surface area contributed by atoms with Gasteiger partial charge in [-0.15, -0.1) is 0 Å². The summed E-state index contributed by atoms with van der Waals surface area (Å²) in [6, 6.07) is 4.35. The largest absolute Gasteiger partial charge is 0.393 e. The normalized spacial score (nSPS) is 22.9. The fourth-order valence-corrected chi connectivity index (χ4v) is 2.24. The molecule has 0 unspecified atom stereocenters. The Balaban J connectivity index is 1.85. The maximum atomic E-state index is 13.3. The minimum absolute atomic E-state index is 0.0821. The molecule has 1 aliphatic rings. The van der Waals surface area contributed by atoms with Crippen molar-refractivity contribution >= 4 is 11.7 Å². The predicted octanol–water partition coefficient (Wildman–Crippen LogP) is 2.56. The van der Waals surface area contributed by atoms with E-state index in [1.165, 1.54) is 6.07 Å². The van der Waals surface area contributed by atoms with Gasteiger partial charge in [0.25, 0.3) is 0 Å². The number of nitrogens with one attached hydrogen (secondary N) is 2. The SMILES string of the molecule is Cc1ccc(NC(=O)NC2CCC(O)CC2)cc1F. The molecule has 0 heterocycles. The Morgan fingerprint density at radius 1 is 1.32 bits per heavy atom. The summed E-state index contributed by atoms with van der Waals surface area (Å²) < 4.78 is 13.3. The zero-order valence-corrected chi connectivity index (χ0v) is 10.9. The van der Waals surface area contributed by atoms with E-state index in [-0.39, 0.29) is 24.0 Å². The van der Waals surface area contributed by atoms with Crippen molar-refractivity contribution in [3.8, 4) is 0 Å². The van der Waals surface area contributed by atoms with Crippen molar-refractivity contribution in [2.24, 2.45) is 0 Å². The van der Waals surface area contributed by atoms with Gasteiger partial charge in [0.1, 0.15) is 5.82 Å². The fourth-order valence-electron chi connectivity index (χ4n) is 2.24. The number of amides is 2. The van der Waals surface area contributed by atoms with E-state index in [1.807, 2.05) is 0 Å². The first-order valence-corrected chi connectivity index (χ1v) is 6.56. The van der Waals surface area contributed by atoms with Crippen molar-refractivity contribution in [2.75, 3.05) is 5.32 Å². The first-order chi connectivity index (χ1) is 9.04. The Hall–Kier alpha value is -1.62. The number of rotatable bonds is 2. The number of aliphatic hydroxyl groups is 1. The van der Waals surface area contributed by atoms with Crippen LogP contribution in [-0.4, -0.2) is 23.3 Å². The van der Waals surface area contributed by atoms with Crippen LogP contribution in [0.5, 0.6) is 0 Å². The molecule has 0 aromatic heterocycles. The number of aliphatic hydroxyl groups excluding tert-OH is 1. The summed E-state index contributed by atoms with van der Waals surface area (Å²) in [5, 5.41) is 14.8. The van der Waals surface area contributed by atoms with Gasteiger partial charge in [0.2, 0.25) is 0 Å². The smallest absolute Gasteiger partial charge is 0.319 e. The van der Waals surface area contributed by atoms with E-state index in [4.69, 9.17) is 0 Å². The van der Waals surface area contributed by atoms with E-state index >= 15 is 0 Å². The summed E-state index contributed by atoms with van der Waals surface area (Å²) in [7, 11) is 0. The molecule has 0 saturated heterocycles. The van der Waals surface area contributed by atoms with Gasteiger partial charge in [-0.25, -0.2) is 9.18 Å². The molecule has 0 spiro atoms. The maximum absolute atomic E-state index is 13.3. The monoisotopic (exact) mass is 266 g/mol. The summed E-state index contributed by atoms with van der Waals surface area (Å²) in [4.78, 5) is 11.8. The van der Waals surface area contributed by atoms with Crippen LogP contribution in [0.15, 0.2) is 18.2 Å². The number of halogens is 1. The Morgan fingerprint density at radius 2 is 2.00 bits per heavy atom. The van der Waals surface area contributed by atoms with Crippen LogP contribution in [0.4, 0.5) is 14.9 Å². The Labute approximate surface area is 112 Å². The first kappa shape index (κ1) is 13.8. The first-order valence-electron chi connectivity index (χ1n) is 6.56. The van der Waals surface area contributed by atoms with E-state index in [0.717, 1.165) is 12.8 Å². The van der Waals surface area contributed by atoms with Crippen LogP contribution < -0.4 is 10.6 Å². The summed E-state index contributed by atoms with van der Waals surface area (Å²) >= 11 is 0. The molecule has 0 aliphatic heterocycles. The molecule has 2 amide bonds. The van der Waals surface area contributed by atoms with Crippen LogP contribution in [0.3, 0.4) is 0 Å². The predicted molar refractivity (Wildman–Crippen MR) is 71.6 cm³/mol. The zero-order valence-electron chi connectivity index (χ0n) is 10.9. The van der Waals surface area contributed by atoms with Crippen molar-refractivity contribution in [3.05, 3.63) is 29.6 Å². The van der Waals surface area contributed by atoms with Gasteiger partial charge in [0, 0.05) is 11.7 Å². The van der Waals surface area contributed by atoms with Crippen LogP contribution in [0.2, 0.25) is 0 Å². The third-order valence-electron chi connectivity index (χ3n) is 3.46. The number of carbonyl (C=O) groups is 1. The molecule has 104 valence electrons. The quantitative estimate of drug-likeness (QED) is 0.770. The lowest BCUT2D eigenvalue weighted by atomic mass is 9.93. The highest BCUT2D eigenvalue weighted by molar-refractivity contribution is 5.89. The number of urea groups is 1. The fraction of sp³-hybridized carbons (Fsp3) is 0.500. The second-order valence-electron chi connectivity index (χ2n) is 5.07. The van der Waals surface area contributed by atoms with Gasteiger partial charge >= 0.3 is 6.03 Å². The molecule has 19 heavy (non-hydrogen) atoms. The van der Waals surface area contributed by atoms with Crippen LogP contribution in [0.25, 0.3) is 0 Å². The van der Waals surface area contributed by atoms with Crippen molar-refractivity contribution in [2.45, 2.75) is 44.8 Å². The van der Waals surface area contributed by atoms with Crippen molar-refractivity contribution in [1.82, 2.24) is 5.32 Å². The van der Waals surface area contributed by atoms with Crippen LogP contribution in [-0.2, 0) is 0 Å². The molecule has 1 saturated carbocycles. The third kappa shape index (κ3) is 3.92. The summed E-state index contributed by atoms with van der Waals surface area (Å²) in [5.41, 5.74) is 0.990. The highest BCUT2D eigenvalue weighted by atomic mass is 19.1. The van der Waals surface area contributed by atoms with Crippen molar-refractivity contribution < 1.29 is 14.3 Å². The highest BCUT2D eigenvalue weighted by Crippen LogP contribution is 2.18. The zero-order chi connectivity index (χ0) is 13.8. The van der Waals surface area contributed by atoms with Gasteiger partial charge in [0.05, 0.1) is 6.10 Å². The van der Waals surface area contributed by atoms with E-state index in [2.05, 4.69) is 10.6 Å². The molecule has 1 aromatic carbocycles. The summed E-state index contributed by atoms with van der Waals surface area (Å²) in [6.45, 7) is 1.67. The van der Waals surface area contributed by atoms with Gasteiger partial charge in [-0.3, -0.25) is 0 Å². The van der Waals surface area contributed by atoms with Gasteiger partial charge in [-0.2, -0.15) is 0 Å². The average Bonchev–Trinajstić information content (AvgIpc) is 2.37. The number of carbonyl (C=O) groups excluding carboxylic acids is 1. The van der Waals surface area contributed by atoms with Crippen LogP contribution in [0.1, 0.15) is 31.2 Å². The molecule has 0 radical (unpaired) electrons. The second-order valence-corrected chi connectivity index (χ2v) is 5.07. The second kappa shape index (κ2) is 6.02. The lowest BCUT2D eigenvalue weighted by Crippen LogP contribution is -2.40. The van der Waals surface area contributed by atoms with Crippen LogP contribution >= 0.6 is 0 Å². The highest BCUT2D eigenvalue weighted by Gasteiger charge is 2.20. The molecule has 0 atom stereocenters. The van der Waals surface area contributed by atoms with E-state index < -0.39 is 0 Å². The van der Waals surface area contributed by atoms with E-state index in [0.29, 0.717) is 24.1 Å². The molecule has 2 rings (SSSR count).